The van der Waals surface area contributed by atoms with Crippen LogP contribution >= 0.6 is 11.6 Å². The van der Waals surface area contributed by atoms with E-state index in [-0.39, 0.29) is 29.6 Å². The average Bonchev–Trinajstić information content (AvgIpc) is 2.80. The van der Waals surface area contributed by atoms with E-state index in [4.69, 9.17) is 16.3 Å². The lowest BCUT2D eigenvalue weighted by atomic mass is 10.1. The lowest BCUT2D eigenvalue weighted by Gasteiger charge is -2.22. The van der Waals surface area contributed by atoms with Crippen LogP contribution in [0, 0.1) is 0 Å². The fourth-order valence-electron chi connectivity index (χ4n) is 2.62. The maximum Gasteiger partial charge on any atom is 0.416 e. The maximum atomic E-state index is 12.9. The number of hydrogen-bond donors (Lipinski definition) is 0. The molecule has 0 unspecified atom stereocenters. The highest BCUT2D eigenvalue weighted by Crippen LogP contribution is 2.32. The molecule has 0 aliphatic carbocycles. The lowest BCUT2D eigenvalue weighted by molar-refractivity contribution is -0.137. The Balaban J connectivity index is 2.14. The molecule has 1 aromatic rings. The number of halogens is 4. The number of ether oxygens (including phenoxy) is 1. The van der Waals surface area contributed by atoms with E-state index in [0.717, 1.165) is 18.2 Å². The van der Waals surface area contributed by atoms with Crippen LogP contribution in [-0.2, 0) is 15.7 Å². The standard InChI is InChI=1S/C16H18ClF3N2O3/c1-25-10-14(23)21-5-2-6-22(8-7-21)15(24)12-9-11(16(18,19)20)3-4-13(12)17/h3-4,9H,2,5-8,10H2,1H3. The summed E-state index contributed by atoms with van der Waals surface area (Å²) in [5.74, 6) is -0.758. The number of hydrogen-bond acceptors (Lipinski definition) is 3. The van der Waals surface area contributed by atoms with Gasteiger partial charge >= 0.3 is 6.18 Å². The van der Waals surface area contributed by atoms with Gasteiger partial charge in [-0.1, -0.05) is 11.6 Å². The van der Waals surface area contributed by atoms with E-state index in [1.54, 1.807) is 4.90 Å². The van der Waals surface area contributed by atoms with Gasteiger partial charge in [0.1, 0.15) is 6.61 Å². The summed E-state index contributed by atoms with van der Waals surface area (Å²) in [7, 11) is 1.42. The second-order valence-corrected chi connectivity index (χ2v) is 6.06. The summed E-state index contributed by atoms with van der Waals surface area (Å²) in [6, 6.07) is 2.68. The highest BCUT2D eigenvalue weighted by Gasteiger charge is 2.32. The van der Waals surface area contributed by atoms with Crippen molar-refractivity contribution in [3.05, 3.63) is 34.3 Å². The third-order valence-electron chi connectivity index (χ3n) is 3.93. The van der Waals surface area contributed by atoms with E-state index in [1.807, 2.05) is 0 Å². The van der Waals surface area contributed by atoms with Crippen molar-refractivity contribution in [1.82, 2.24) is 9.80 Å². The summed E-state index contributed by atoms with van der Waals surface area (Å²) in [6.45, 7) is 1.27. The molecular weight excluding hydrogens is 361 g/mol. The fraction of sp³-hybridized carbons (Fsp3) is 0.500. The average molecular weight is 379 g/mol. The highest BCUT2D eigenvalue weighted by atomic mass is 35.5. The molecule has 1 saturated heterocycles. The predicted octanol–water partition coefficient (Wildman–Crippen LogP) is 2.68. The minimum atomic E-state index is -4.55. The summed E-state index contributed by atoms with van der Waals surface area (Å²) in [4.78, 5) is 27.5. The predicted molar refractivity (Wildman–Crippen MR) is 85.4 cm³/mol. The number of benzene rings is 1. The first-order valence-electron chi connectivity index (χ1n) is 7.66. The molecule has 1 aliphatic rings. The zero-order chi connectivity index (χ0) is 18.6. The number of methoxy groups -OCH3 is 1. The molecule has 5 nitrogen and oxygen atoms in total. The minimum Gasteiger partial charge on any atom is -0.375 e. The molecule has 1 fully saturated rings. The van der Waals surface area contributed by atoms with Crippen LogP contribution in [0.5, 0.6) is 0 Å². The van der Waals surface area contributed by atoms with E-state index in [2.05, 4.69) is 0 Å². The first-order chi connectivity index (χ1) is 11.7. The molecule has 9 heteroatoms. The Morgan fingerprint density at radius 2 is 1.80 bits per heavy atom. The van der Waals surface area contributed by atoms with Crippen molar-refractivity contribution in [2.75, 3.05) is 39.9 Å². The number of carbonyl (C=O) groups is 2. The Labute approximate surface area is 148 Å². The second kappa shape index (κ2) is 8.05. The molecule has 1 heterocycles. The van der Waals surface area contributed by atoms with Crippen molar-refractivity contribution in [1.29, 1.82) is 0 Å². The van der Waals surface area contributed by atoms with E-state index < -0.39 is 17.6 Å². The van der Waals surface area contributed by atoms with Crippen LogP contribution in [-0.4, -0.2) is 61.5 Å². The van der Waals surface area contributed by atoms with E-state index in [1.165, 1.54) is 12.0 Å². The summed E-state index contributed by atoms with van der Waals surface area (Å²) < 4.78 is 43.4. The number of rotatable bonds is 3. The summed E-state index contributed by atoms with van der Waals surface area (Å²) in [5, 5.41) is -0.0328. The zero-order valence-electron chi connectivity index (χ0n) is 13.6. The van der Waals surface area contributed by atoms with E-state index >= 15 is 0 Å². The number of nitrogens with zero attached hydrogens (tertiary/aromatic N) is 2. The van der Waals surface area contributed by atoms with Gasteiger partial charge in [0.2, 0.25) is 5.91 Å². The molecule has 0 atom stereocenters. The van der Waals surface area contributed by atoms with Gasteiger partial charge in [0.05, 0.1) is 16.1 Å². The number of amides is 2. The Bertz CT molecular complexity index is 652. The molecule has 2 rings (SSSR count). The van der Waals surface area contributed by atoms with Crippen molar-refractivity contribution in [2.45, 2.75) is 12.6 Å². The second-order valence-electron chi connectivity index (χ2n) is 5.65. The zero-order valence-corrected chi connectivity index (χ0v) is 14.4. The smallest absolute Gasteiger partial charge is 0.375 e. The van der Waals surface area contributed by atoms with Gasteiger partial charge in [0.15, 0.2) is 0 Å². The Hall–Kier alpha value is -1.80. The molecule has 25 heavy (non-hydrogen) atoms. The minimum absolute atomic E-state index is 0.0328. The normalized spacial score (nSPS) is 15.9. The SMILES string of the molecule is COCC(=O)N1CCCN(C(=O)c2cc(C(F)(F)F)ccc2Cl)CC1. The van der Waals surface area contributed by atoms with Crippen LogP contribution in [0.25, 0.3) is 0 Å². The van der Waals surface area contributed by atoms with Crippen molar-refractivity contribution >= 4 is 23.4 Å². The molecule has 1 aromatic carbocycles. The molecule has 138 valence electrons. The fourth-order valence-corrected chi connectivity index (χ4v) is 2.82. The Morgan fingerprint density at radius 3 is 2.44 bits per heavy atom. The van der Waals surface area contributed by atoms with Gasteiger partial charge in [-0.3, -0.25) is 9.59 Å². The first kappa shape index (κ1) is 19.5. The third kappa shape index (κ3) is 4.85. The molecule has 0 N–H and O–H groups in total. The molecule has 0 saturated carbocycles. The molecule has 0 radical (unpaired) electrons. The van der Waals surface area contributed by atoms with Gasteiger partial charge in [-0.2, -0.15) is 13.2 Å². The summed E-state index contributed by atoms with van der Waals surface area (Å²) in [5.41, 5.74) is -1.11. The van der Waals surface area contributed by atoms with Crippen LogP contribution < -0.4 is 0 Å². The van der Waals surface area contributed by atoms with Crippen LogP contribution in [0.3, 0.4) is 0 Å². The van der Waals surface area contributed by atoms with Gasteiger partial charge in [-0.15, -0.1) is 0 Å². The lowest BCUT2D eigenvalue weighted by Crippen LogP contribution is -2.38. The van der Waals surface area contributed by atoms with E-state index in [0.29, 0.717) is 26.1 Å². The monoisotopic (exact) mass is 378 g/mol. The van der Waals surface area contributed by atoms with Crippen LogP contribution in [0.15, 0.2) is 18.2 Å². The third-order valence-corrected chi connectivity index (χ3v) is 4.26. The molecule has 0 bridgehead atoms. The van der Waals surface area contributed by atoms with Gasteiger partial charge in [-0.25, -0.2) is 0 Å². The molecule has 1 aliphatic heterocycles. The molecular formula is C16H18ClF3N2O3. The van der Waals surface area contributed by atoms with Crippen molar-refractivity contribution in [2.24, 2.45) is 0 Å². The van der Waals surface area contributed by atoms with Crippen LogP contribution in [0.1, 0.15) is 22.3 Å². The topological polar surface area (TPSA) is 49.9 Å². The number of alkyl halides is 3. The summed E-state index contributed by atoms with van der Waals surface area (Å²) in [6.07, 6.45) is -4.03. The first-order valence-corrected chi connectivity index (χ1v) is 8.04. The Kier molecular flexibility index (Phi) is 6.29. The largest absolute Gasteiger partial charge is 0.416 e. The van der Waals surface area contributed by atoms with Gasteiger partial charge < -0.3 is 14.5 Å². The molecule has 2 amide bonds. The maximum absolute atomic E-state index is 12.9. The quantitative estimate of drug-likeness (QED) is 0.812. The summed E-state index contributed by atoms with van der Waals surface area (Å²) >= 11 is 5.93. The van der Waals surface area contributed by atoms with Crippen LogP contribution in [0.4, 0.5) is 13.2 Å². The van der Waals surface area contributed by atoms with Crippen molar-refractivity contribution in [3.8, 4) is 0 Å². The van der Waals surface area contributed by atoms with Crippen molar-refractivity contribution in [3.63, 3.8) is 0 Å². The van der Waals surface area contributed by atoms with Gasteiger partial charge in [0, 0.05) is 33.3 Å². The van der Waals surface area contributed by atoms with Crippen LogP contribution in [0.2, 0.25) is 5.02 Å². The Morgan fingerprint density at radius 1 is 1.16 bits per heavy atom. The van der Waals surface area contributed by atoms with Gasteiger partial charge in [-0.05, 0) is 24.6 Å². The van der Waals surface area contributed by atoms with Gasteiger partial charge in [0.25, 0.3) is 5.91 Å². The van der Waals surface area contributed by atoms with Crippen molar-refractivity contribution < 1.29 is 27.5 Å². The highest BCUT2D eigenvalue weighted by molar-refractivity contribution is 6.33. The molecule has 0 spiro atoms. The van der Waals surface area contributed by atoms with E-state index in [9.17, 15) is 22.8 Å². The molecule has 0 aromatic heterocycles. The number of carbonyl (C=O) groups excluding carboxylic acids is 2.